The SMILES string of the molecule is CN(c1ccc(Cl)s1)S(=O)[O-].c1cc[c]([Sn+]([c]2ccccc2)[c]2ccccc2)cc1. The van der Waals surface area contributed by atoms with Crippen LogP contribution in [0.1, 0.15) is 0 Å². The van der Waals surface area contributed by atoms with Crippen LogP contribution in [0.5, 0.6) is 0 Å². The molecule has 0 spiro atoms. The van der Waals surface area contributed by atoms with E-state index in [-0.39, 0.29) is 0 Å². The van der Waals surface area contributed by atoms with Crippen LogP contribution < -0.4 is 15.0 Å². The van der Waals surface area contributed by atoms with E-state index in [4.69, 9.17) is 11.6 Å². The van der Waals surface area contributed by atoms with E-state index in [0.717, 1.165) is 4.31 Å². The normalized spacial score (nSPS) is 11.2. The van der Waals surface area contributed by atoms with E-state index < -0.39 is 31.0 Å². The van der Waals surface area contributed by atoms with Gasteiger partial charge < -0.3 is 4.55 Å². The molecule has 3 aromatic carbocycles. The van der Waals surface area contributed by atoms with E-state index in [1.165, 1.54) is 29.1 Å². The maximum atomic E-state index is 10.4. The molecule has 152 valence electrons. The summed E-state index contributed by atoms with van der Waals surface area (Å²) in [5.41, 5.74) is 0. The maximum absolute atomic E-state index is 10.4. The number of hydrogen-bond donors (Lipinski definition) is 0. The van der Waals surface area contributed by atoms with Gasteiger partial charge in [0.1, 0.15) is 5.00 Å². The summed E-state index contributed by atoms with van der Waals surface area (Å²) in [6.45, 7) is 0. The summed E-state index contributed by atoms with van der Waals surface area (Å²) in [4.78, 5) is 0. The molecule has 0 aliphatic carbocycles. The molecule has 1 unspecified atom stereocenters. The summed E-state index contributed by atoms with van der Waals surface area (Å²) >= 11 is 2.63. The summed E-state index contributed by atoms with van der Waals surface area (Å²) in [7, 11) is 1.46. The van der Waals surface area contributed by atoms with Gasteiger partial charge in [-0.3, -0.25) is 8.51 Å². The number of nitrogens with zero attached hydrogens (tertiary/aromatic N) is 1. The van der Waals surface area contributed by atoms with Gasteiger partial charge in [0.05, 0.1) is 4.34 Å². The molecule has 30 heavy (non-hydrogen) atoms. The molecule has 0 N–H and O–H groups in total. The van der Waals surface area contributed by atoms with Crippen molar-refractivity contribution in [2.24, 2.45) is 0 Å². The molecule has 1 heterocycles. The summed E-state index contributed by atoms with van der Waals surface area (Å²) in [5, 5.41) is 0.614. The quantitative estimate of drug-likeness (QED) is 0.275. The van der Waals surface area contributed by atoms with Gasteiger partial charge in [0.2, 0.25) is 0 Å². The first-order valence-corrected chi connectivity index (χ1v) is 15.7. The van der Waals surface area contributed by atoms with Crippen molar-refractivity contribution in [3.05, 3.63) is 107 Å². The van der Waals surface area contributed by atoms with Crippen molar-refractivity contribution in [1.82, 2.24) is 0 Å². The topological polar surface area (TPSA) is 43.4 Å². The first-order chi connectivity index (χ1) is 14.6. The third-order valence-corrected chi connectivity index (χ3v) is 14.1. The molecule has 0 bridgehead atoms. The number of rotatable bonds is 5. The zero-order valence-corrected chi connectivity index (χ0v) is 21.5. The van der Waals surface area contributed by atoms with Crippen molar-refractivity contribution in [3.63, 3.8) is 0 Å². The molecule has 7 heteroatoms. The molecule has 0 aliphatic rings. The monoisotopic (exact) mass is 561 g/mol. The van der Waals surface area contributed by atoms with Crippen LogP contribution in [-0.4, -0.2) is 35.6 Å². The Hall–Kier alpha value is -1.64. The van der Waals surface area contributed by atoms with Gasteiger partial charge in [-0.25, -0.2) is 0 Å². The predicted octanol–water partition coefficient (Wildman–Crippen LogP) is 3.83. The average Bonchev–Trinajstić information content (AvgIpc) is 3.22. The van der Waals surface area contributed by atoms with Gasteiger partial charge in [-0.15, -0.1) is 11.3 Å². The second kappa shape index (κ2) is 11.7. The molecular weight excluding hydrogens is 541 g/mol. The zero-order valence-electron chi connectivity index (χ0n) is 16.3. The molecule has 1 aromatic heterocycles. The van der Waals surface area contributed by atoms with Gasteiger partial charge in [0, 0.05) is 18.3 Å². The molecular formula is C23H20ClNO2S2Sn. The first-order valence-electron chi connectivity index (χ1n) is 9.18. The molecule has 4 aromatic rings. The van der Waals surface area contributed by atoms with Gasteiger partial charge in [-0.1, -0.05) is 11.6 Å². The third-order valence-electron chi connectivity index (χ3n) is 4.28. The molecule has 0 amide bonds. The van der Waals surface area contributed by atoms with Gasteiger partial charge in [0.15, 0.2) is 0 Å². The van der Waals surface area contributed by atoms with Crippen molar-refractivity contribution in [1.29, 1.82) is 0 Å². The van der Waals surface area contributed by atoms with Crippen LogP contribution in [0, 0.1) is 0 Å². The predicted molar refractivity (Wildman–Crippen MR) is 131 cm³/mol. The second-order valence-corrected chi connectivity index (χ2v) is 16.0. The summed E-state index contributed by atoms with van der Waals surface area (Å²) in [6, 6.07) is 36.3. The van der Waals surface area contributed by atoms with E-state index in [1.54, 1.807) is 12.1 Å². The minimum atomic E-state index is -2.21. The van der Waals surface area contributed by atoms with E-state index >= 15 is 0 Å². The fourth-order valence-electron chi connectivity index (χ4n) is 2.86. The molecule has 4 rings (SSSR count). The van der Waals surface area contributed by atoms with Crippen molar-refractivity contribution in [3.8, 4) is 0 Å². The Kier molecular flexibility index (Phi) is 8.96. The Morgan fingerprint density at radius 2 is 1.17 bits per heavy atom. The minimum absolute atomic E-state index is 0.581. The van der Waals surface area contributed by atoms with E-state index in [2.05, 4.69) is 91.0 Å². The molecule has 0 aliphatic heterocycles. The van der Waals surface area contributed by atoms with E-state index in [9.17, 15) is 8.76 Å². The number of anilines is 1. The molecule has 0 saturated heterocycles. The van der Waals surface area contributed by atoms with Gasteiger partial charge in [-0.2, -0.15) is 0 Å². The average molecular weight is 561 g/mol. The fourth-order valence-corrected chi connectivity index (χ4v) is 11.6. The van der Waals surface area contributed by atoms with Crippen LogP contribution in [0.3, 0.4) is 0 Å². The third kappa shape index (κ3) is 6.43. The van der Waals surface area contributed by atoms with Crippen LogP contribution in [0.15, 0.2) is 103 Å². The molecule has 3 nitrogen and oxygen atoms in total. The second-order valence-electron chi connectivity index (χ2n) is 6.27. The van der Waals surface area contributed by atoms with Crippen LogP contribution in [-0.2, 0) is 11.3 Å². The fraction of sp³-hybridized carbons (Fsp3) is 0.0435. The Balaban J connectivity index is 0.000000199. The molecule has 0 fully saturated rings. The standard InChI is InChI=1S/3C6H5.C5H6ClNO2S2.Sn/c3*1-2-4-6-5-3-1;1-7(11(8)9)5-3-2-4(6)10-5;/h3*1-5H;2-3H,1H3,(H,8,9);/q;;;;+1/p-1. The van der Waals surface area contributed by atoms with Crippen LogP contribution >= 0.6 is 22.9 Å². The van der Waals surface area contributed by atoms with Crippen molar-refractivity contribution in [2.45, 2.75) is 0 Å². The van der Waals surface area contributed by atoms with Crippen LogP contribution in [0.25, 0.3) is 0 Å². The number of thiophene rings is 1. The molecule has 0 radical (unpaired) electrons. The van der Waals surface area contributed by atoms with Crippen LogP contribution in [0.4, 0.5) is 5.00 Å². The summed E-state index contributed by atoms with van der Waals surface area (Å²) in [6.07, 6.45) is 0. The van der Waals surface area contributed by atoms with Crippen molar-refractivity contribution < 1.29 is 8.76 Å². The molecule has 1 atom stereocenters. The van der Waals surface area contributed by atoms with E-state index in [0.29, 0.717) is 9.34 Å². The van der Waals surface area contributed by atoms with Gasteiger partial charge in [-0.05, 0) is 12.1 Å². The van der Waals surface area contributed by atoms with Crippen molar-refractivity contribution in [2.75, 3.05) is 11.4 Å². The number of benzene rings is 3. The van der Waals surface area contributed by atoms with Crippen LogP contribution in [0.2, 0.25) is 4.34 Å². The Morgan fingerprint density at radius 1 is 0.767 bits per heavy atom. The van der Waals surface area contributed by atoms with Gasteiger partial charge >= 0.3 is 121 Å². The Bertz CT molecular complexity index is 968. The Morgan fingerprint density at radius 3 is 1.47 bits per heavy atom. The first kappa shape index (κ1) is 23.0. The number of hydrogen-bond acceptors (Lipinski definition) is 3. The van der Waals surface area contributed by atoms with Gasteiger partial charge in [0.25, 0.3) is 0 Å². The zero-order chi connectivity index (χ0) is 21.3. The number of halogens is 1. The molecule has 0 saturated carbocycles. The Labute approximate surface area is 196 Å². The summed E-state index contributed by atoms with van der Waals surface area (Å²) < 4.78 is 27.1. The van der Waals surface area contributed by atoms with Crippen molar-refractivity contribution >= 4 is 69.7 Å². The van der Waals surface area contributed by atoms with E-state index in [1.807, 2.05) is 0 Å². The summed E-state index contributed by atoms with van der Waals surface area (Å²) in [5.74, 6) is 0.